The van der Waals surface area contributed by atoms with Crippen molar-refractivity contribution in [3.63, 3.8) is 0 Å². The molecular weight excluding hydrogens is 466 g/mol. The molecule has 0 spiro atoms. The first kappa shape index (κ1) is 25.3. The van der Waals surface area contributed by atoms with E-state index in [1.54, 1.807) is 42.5 Å². The lowest BCUT2D eigenvalue weighted by atomic mass is 10.1. The Kier molecular flexibility index (Phi) is 8.49. The largest absolute Gasteiger partial charge is 0.493 e. The van der Waals surface area contributed by atoms with Gasteiger partial charge in [-0.2, -0.15) is 5.26 Å². The number of carbonyl (C=O) groups excluding carboxylic acids is 2. The van der Waals surface area contributed by atoms with Crippen LogP contribution in [0.5, 0.6) is 11.5 Å². The van der Waals surface area contributed by atoms with Crippen LogP contribution in [0.1, 0.15) is 16.7 Å². The summed E-state index contributed by atoms with van der Waals surface area (Å²) in [6.07, 6.45) is 1.43. The average Bonchev–Trinajstić information content (AvgIpc) is 2.84. The highest BCUT2D eigenvalue weighted by Crippen LogP contribution is 2.29. The summed E-state index contributed by atoms with van der Waals surface area (Å²) in [5.74, 6) is -0.181. The van der Waals surface area contributed by atoms with Crippen LogP contribution in [-0.4, -0.2) is 25.5 Å². The summed E-state index contributed by atoms with van der Waals surface area (Å²) in [4.78, 5) is 24.9. The fraction of sp³-hybridized carbons (Fsp3) is 0.148. The third-order valence-corrected chi connectivity index (χ3v) is 5.42. The number of anilines is 2. The maximum absolute atomic E-state index is 12.5. The molecule has 178 valence electrons. The van der Waals surface area contributed by atoms with E-state index in [-0.39, 0.29) is 18.1 Å². The number of aryl methyl sites for hydroxylation is 1. The quantitative estimate of drug-likeness (QED) is 0.320. The first-order valence-electron chi connectivity index (χ1n) is 10.7. The van der Waals surface area contributed by atoms with Crippen LogP contribution in [0.25, 0.3) is 6.08 Å². The number of benzene rings is 3. The van der Waals surface area contributed by atoms with E-state index in [1.165, 1.54) is 13.2 Å². The maximum Gasteiger partial charge on any atom is 0.266 e. The third kappa shape index (κ3) is 6.85. The van der Waals surface area contributed by atoms with Crippen LogP contribution in [-0.2, 0) is 9.59 Å². The Morgan fingerprint density at radius 2 is 1.80 bits per heavy atom. The summed E-state index contributed by atoms with van der Waals surface area (Å²) in [6, 6.07) is 19.1. The van der Waals surface area contributed by atoms with Crippen molar-refractivity contribution in [1.29, 1.82) is 5.26 Å². The van der Waals surface area contributed by atoms with E-state index in [0.717, 1.165) is 16.8 Å². The number of amides is 2. The predicted molar refractivity (Wildman–Crippen MR) is 137 cm³/mol. The van der Waals surface area contributed by atoms with Gasteiger partial charge in [0.05, 0.1) is 7.11 Å². The Morgan fingerprint density at radius 3 is 2.51 bits per heavy atom. The van der Waals surface area contributed by atoms with Crippen molar-refractivity contribution < 1.29 is 19.1 Å². The predicted octanol–water partition coefficient (Wildman–Crippen LogP) is 5.53. The zero-order chi connectivity index (χ0) is 25.4. The van der Waals surface area contributed by atoms with Crippen molar-refractivity contribution in [3.8, 4) is 17.6 Å². The van der Waals surface area contributed by atoms with Crippen molar-refractivity contribution in [2.45, 2.75) is 13.8 Å². The average molecular weight is 490 g/mol. The molecule has 0 bridgehead atoms. The standard InChI is InChI=1S/C27H24ClN3O4/c1-17-6-4-9-23(18(17)2)31-26(32)16-35-24-11-10-19(13-25(24)34-3)12-20(15-29)27(33)30-22-8-5-7-21(28)14-22/h4-14H,16H2,1-3H3,(H,30,33)(H,31,32)/b20-12-. The van der Waals surface area contributed by atoms with Gasteiger partial charge >= 0.3 is 0 Å². The molecule has 0 aliphatic heterocycles. The van der Waals surface area contributed by atoms with Crippen LogP contribution < -0.4 is 20.1 Å². The molecule has 35 heavy (non-hydrogen) atoms. The molecule has 0 aromatic heterocycles. The summed E-state index contributed by atoms with van der Waals surface area (Å²) in [5.41, 5.74) is 3.71. The van der Waals surface area contributed by atoms with Gasteiger partial charge in [0.2, 0.25) is 0 Å². The Hall–Kier alpha value is -4.28. The minimum absolute atomic E-state index is 0.103. The van der Waals surface area contributed by atoms with Gasteiger partial charge in [0.25, 0.3) is 11.8 Å². The Bertz CT molecular complexity index is 1330. The lowest BCUT2D eigenvalue weighted by Gasteiger charge is -2.13. The molecule has 0 fully saturated rings. The molecule has 0 saturated heterocycles. The highest BCUT2D eigenvalue weighted by Gasteiger charge is 2.13. The van der Waals surface area contributed by atoms with Gasteiger partial charge in [-0.15, -0.1) is 0 Å². The molecule has 2 N–H and O–H groups in total. The zero-order valence-corrected chi connectivity index (χ0v) is 20.3. The molecule has 8 heteroatoms. The van der Waals surface area contributed by atoms with E-state index >= 15 is 0 Å². The van der Waals surface area contributed by atoms with Crippen molar-refractivity contribution in [3.05, 3.63) is 87.9 Å². The van der Waals surface area contributed by atoms with Gasteiger partial charge in [-0.25, -0.2) is 0 Å². The lowest BCUT2D eigenvalue weighted by molar-refractivity contribution is -0.118. The molecule has 3 rings (SSSR count). The van der Waals surface area contributed by atoms with E-state index in [0.29, 0.717) is 27.8 Å². The normalized spacial score (nSPS) is 10.8. The van der Waals surface area contributed by atoms with Crippen molar-refractivity contribution >= 4 is 40.9 Å². The number of methoxy groups -OCH3 is 1. The van der Waals surface area contributed by atoms with Gasteiger partial charge < -0.3 is 20.1 Å². The Morgan fingerprint density at radius 1 is 1.03 bits per heavy atom. The Labute approximate surface area is 208 Å². The number of halogens is 1. The molecule has 0 atom stereocenters. The van der Waals surface area contributed by atoms with Gasteiger partial charge in [0.15, 0.2) is 18.1 Å². The second kappa shape index (κ2) is 11.7. The minimum Gasteiger partial charge on any atom is -0.493 e. The van der Waals surface area contributed by atoms with E-state index < -0.39 is 5.91 Å². The summed E-state index contributed by atoms with van der Waals surface area (Å²) in [7, 11) is 1.46. The monoisotopic (exact) mass is 489 g/mol. The van der Waals surface area contributed by atoms with Gasteiger partial charge in [-0.1, -0.05) is 35.9 Å². The van der Waals surface area contributed by atoms with Crippen LogP contribution in [0.15, 0.2) is 66.2 Å². The topological polar surface area (TPSA) is 100 Å². The fourth-order valence-electron chi connectivity index (χ4n) is 3.19. The van der Waals surface area contributed by atoms with E-state index in [1.807, 2.05) is 38.1 Å². The summed E-state index contributed by atoms with van der Waals surface area (Å²) in [6.45, 7) is 3.69. The van der Waals surface area contributed by atoms with Crippen molar-refractivity contribution in [1.82, 2.24) is 0 Å². The van der Waals surface area contributed by atoms with Crippen LogP contribution in [0.2, 0.25) is 5.02 Å². The number of hydrogen-bond donors (Lipinski definition) is 2. The molecule has 0 heterocycles. The number of rotatable bonds is 8. The summed E-state index contributed by atoms with van der Waals surface area (Å²) < 4.78 is 11.0. The fourth-order valence-corrected chi connectivity index (χ4v) is 3.38. The number of hydrogen-bond acceptors (Lipinski definition) is 5. The van der Waals surface area contributed by atoms with Crippen LogP contribution in [0.3, 0.4) is 0 Å². The first-order valence-corrected chi connectivity index (χ1v) is 11.0. The number of carbonyl (C=O) groups is 2. The van der Waals surface area contributed by atoms with E-state index in [9.17, 15) is 14.9 Å². The van der Waals surface area contributed by atoms with Crippen LogP contribution >= 0.6 is 11.6 Å². The summed E-state index contributed by atoms with van der Waals surface area (Å²) >= 11 is 5.94. The first-order chi connectivity index (χ1) is 16.8. The molecule has 0 saturated carbocycles. The van der Waals surface area contributed by atoms with Gasteiger partial charge in [-0.05, 0) is 73.0 Å². The minimum atomic E-state index is -0.572. The molecule has 2 amide bonds. The molecule has 0 aliphatic rings. The molecule has 0 unspecified atom stereocenters. The van der Waals surface area contributed by atoms with E-state index in [2.05, 4.69) is 10.6 Å². The van der Waals surface area contributed by atoms with Crippen LogP contribution in [0, 0.1) is 25.2 Å². The molecule has 0 aliphatic carbocycles. The molecule has 3 aromatic rings. The number of nitrogens with zero attached hydrogens (tertiary/aromatic N) is 1. The maximum atomic E-state index is 12.5. The highest BCUT2D eigenvalue weighted by atomic mass is 35.5. The number of nitriles is 1. The SMILES string of the molecule is COc1cc(/C=C(/C#N)C(=O)Nc2cccc(Cl)c2)ccc1OCC(=O)Nc1cccc(C)c1C. The molecule has 0 radical (unpaired) electrons. The second-order valence-electron chi connectivity index (χ2n) is 7.63. The van der Waals surface area contributed by atoms with Crippen LogP contribution in [0.4, 0.5) is 11.4 Å². The molecular formula is C27H24ClN3O4. The van der Waals surface area contributed by atoms with Gasteiger partial charge in [0.1, 0.15) is 11.6 Å². The summed E-state index contributed by atoms with van der Waals surface area (Å²) in [5, 5.41) is 15.4. The lowest BCUT2D eigenvalue weighted by Crippen LogP contribution is -2.21. The van der Waals surface area contributed by atoms with Crippen molar-refractivity contribution in [2.24, 2.45) is 0 Å². The third-order valence-electron chi connectivity index (χ3n) is 5.18. The van der Waals surface area contributed by atoms with Gasteiger partial charge in [-0.3, -0.25) is 9.59 Å². The Balaban J connectivity index is 1.69. The van der Waals surface area contributed by atoms with E-state index in [4.69, 9.17) is 21.1 Å². The highest BCUT2D eigenvalue weighted by molar-refractivity contribution is 6.31. The zero-order valence-electron chi connectivity index (χ0n) is 19.5. The second-order valence-corrected chi connectivity index (χ2v) is 8.07. The smallest absolute Gasteiger partial charge is 0.266 e. The number of ether oxygens (including phenoxy) is 2. The molecule has 3 aromatic carbocycles. The van der Waals surface area contributed by atoms with Gasteiger partial charge in [0, 0.05) is 16.4 Å². The van der Waals surface area contributed by atoms with Crippen molar-refractivity contribution in [2.75, 3.05) is 24.4 Å². The number of nitrogens with one attached hydrogen (secondary N) is 2. The molecule has 7 nitrogen and oxygen atoms in total.